The van der Waals surface area contributed by atoms with E-state index < -0.39 is 0 Å². The maximum atomic E-state index is 12.9. The molecule has 116 valence electrons. The fourth-order valence-electron chi connectivity index (χ4n) is 4.08. The predicted octanol–water partition coefficient (Wildman–Crippen LogP) is 2.05. The first-order valence-corrected chi connectivity index (χ1v) is 8.03. The lowest BCUT2D eigenvalue weighted by molar-refractivity contribution is -0.134. The lowest BCUT2D eigenvalue weighted by Crippen LogP contribution is -2.46. The van der Waals surface area contributed by atoms with Crippen LogP contribution >= 0.6 is 0 Å². The molecule has 4 heteroatoms. The molecule has 1 saturated heterocycles. The van der Waals surface area contributed by atoms with Crippen LogP contribution in [-0.2, 0) is 4.79 Å². The van der Waals surface area contributed by atoms with Gasteiger partial charge in [0.25, 0.3) is 0 Å². The average Bonchev–Trinajstić information content (AvgIpc) is 2.89. The average molecular weight is 281 g/mol. The van der Waals surface area contributed by atoms with Gasteiger partial charge in [-0.15, -0.1) is 0 Å². The minimum absolute atomic E-state index is 0.123. The van der Waals surface area contributed by atoms with Crippen molar-refractivity contribution in [1.29, 1.82) is 0 Å². The number of nitrogens with zero attached hydrogens (tertiary/aromatic N) is 2. The van der Waals surface area contributed by atoms with Crippen molar-refractivity contribution in [2.45, 2.75) is 64.6 Å². The van der Waals surface area contributed by atoms with Crippen LogP contribution in [-0.4, -0.2) is 54.6 Å². The number of carbonyl (C=O) groups excluding carboxylic acids is 1. The van der Waals surface area contributed by atoms with Crippen molar-refractivity contribution in [3.8, 4) is 0 Å². The summed E-state index contributed by atoms with van der Waals surface area (Å²) in [5.74, 6) is 0.355. The molecule has 4 nitrogen and oxygen atoms in total. The first-order chi connectivity index (χ1) is 9.30. The van der Waals surface area contributed by atoms with Crippen LogP contribution in [0.4, 0.5) is 0 Å². The van der Waals surface area contributed by atoms with E-state index >= 15 is 0 Å². The van der Waals surface area contributed by atoms with Gasteiger partial charge >= 0.3 is 0 Å². The number of hydrogen-bond donors (Lipinski definition) is 1. The monoisotopic (exact) mass is 281 g/mol. The van der Waals surface area contributed by atoms with Gasteiger partial charge in [-0.05, 0) is 38.8 Å². The summed E-state index contributed by atoms with van der Waals surface area (Å²) < 4.78 is 0. The van der Waals surface area contributed by atoms with Crippen LogP contribution in [0.5, 0.6) is 0 Å². The molecule has 2 rings (SSSR count). The van der Waals surface area contributed by atoms with Crippen LogP contribution in [0.25, 0.3) is 0 Å². The molecular formula is C16H31N3O. The summed E-state index contributed by atoms with van der Waals surface area (Å²) in [6, 6.07) is 0. The topological polar surface area (TPSA) is 35.6 Å². The molecule has 1 aliphatic heterocycles. The molecule has 20 heavy (non-hydrogen) atoms. The summed E-state index contributed by atoms with van der Waals surface area (Å²) in [5, 5.41) is 3.65. The van der Waals surface area contributed by atoms with Crippen LogP contribution in [0.15, 0.2) is 0 Å². The van der Waals surface area contributed by atoms with Gasteiger partial charge in [-0.3, -0.25) is 10.1 Å². The molecular weight excluding hydrogens is 250 g/mol. The van der Waals surface area contributed by atoms with Gasteiger partial charge in [0.15, 0.2) is 0 Å². The Morgan fingerprint density at radius 3 is 2.45 bits per heavy atom. The van der Waals surface area contributed by atoms with Crippen molar-refractivity contribution in [3.05, 3.63) is 0 Å². The Morgan fingerprint density at radius 1 is 1.35 bits per heavy atom. The molecule has 1 unspecified atom stereocenters. The van der Waals surface area contributed by atoms with Crippen LogP contribution in [0.1, 0.15) is 52.9 Å². The van der Waals surface area contributed by atoms with E-state index in [9.17, 15) is 4.79 Å². The van der Waals surface area contributed by atoms with Crippen molar-refractivity contribution in [2.24, 2.45) is 5.41 Å². The number of carbonyl (C=O) groups is 1. The highest BCUT2D eigenvalue weighted by atomic mass is 16.2. The van der Waals surface area contributed by atoms with Crippen molar-refractivity contribution in [2.75, 3.05) is 27.2 Å². The first kappa shape index (κ1) is 15.8. The third-order valence-electron chi connectivity index (χ3n) is 4.68. The number of rotatable bonds is 5. The summed E-state index contributed by atoms with van der Waals surface area (Å²) >= 11 is 0. The Hall–Kier alpha value is -0.610. The Kier molecular flexibility index (Phi) is 4.45. The Bertz CT molecular complexity index is 359. The molecule has 1 heterocycles. The van der Waals surface area contributed by atoms with Gasteiger partial charge in [-0.2, -0.15) is 0 Å². The van der Waals surface area contributed by atoms with E-state index in [1.165, 1.54) is 12.8 Å². The molecule has 1 spiro atoms. The van der Waals surface area contributed by atoms with Gasteiger partial charge in [0.2, 0.25) is 5.91 Å². The molecule has 1 saturated carbocycles. The first-order valence-electron chi connectivity index (χ1n) is 8.03. The van der Waals surface area contributed by atoms with E-state index in [0.717, 1.165) is 32.4 Å². The van der Waals surface area contributed by atoms with Crippen LogP contribution in [0, 0.1) is 5.41 Å². The van der Waals surface area contributed by atoms with Gasteiger partial charge in [0.05, 0.1) is 11.7 Å². The lowest BCUT2D eigenvalue weighted by Gasteiger charge is -2.35. The third-order valence-corrected chi connectivity index (χ3v) is 4.68. The summed E-state index contributed by atoms with van der Waals surface area (Å²) in [5.41, 5.74) is -0.104. The fraction of sp³-hybridized carbons (Fsp3) is 0.938. The second-order valence-corrected chi connectivity index (χ2v) is 7.69. The summed E-state index contributed by atoms with van der Waals surface area (Å²) in [6.07, 6.45) is 5.63. The van der Waals surface area contributed by atoms with Crippen LogP contribution in [0.2, 0.25) is 0 Å². The smallest absolute Gasteiger partial charge is 0.244 e. The maximum Gasteiger partial charge on any atom is 0.244 e. The maximum absolute atomic E-state index is 12.9. The predicted molar refractivity (Wildman–Crippen MR) is 82.5 cm³/mol. The molecule has 1 amide bonds. The second kappa shape index (κ2) is 5.64. The zero-order valence-electron chi connectivity index (χ0n) is 13.8. The highest BCUT2D eigenvalue weighted by Gasteiger charge is 2.52. The van der Waals surface area contributed by atoms with E-state index in [4.69, 9.17) is 0 Å². The molecule has 0 radical (unpaired) electrons. The van der Waals surface area contributed by atoms with Gasteiger partial charge in [-0.25, -0.2) is 0 Å². The highest BCUT2D eigenvalue weighted by molar-refractivity contribution is 5.89. The Morgan fingerprint density at radius 2 is 1.95 bits per heavy atom. The summed E-state index contributed by atoms with van der Waals surface area (Å²) in [6.45, 7) is 8.53. The van der Waals surface area contributed by atoms with Crippen LogP contribution < -0.4 is 5.32 Å². The molecule has 2 aliphatic rings. The summed E-state index contributed by atoms with van der Waals surface area (Å²) in [4.78, 5) is 17.2. The quantitative estimate of drug-likeness (QED) is 0.838. The molecule has 0 bridgehead atoms. The van der Waals surface area contributed by atoms with Gasteiger partial charge in [0, 0.05) is 13.1 Å². The molecule has 0 aromatic carbocycles. The van der Waals surface area contributed by atoms with Crippen LogP contribution in [0.3, 0.4) is 0 Å². The third kappa shape index (κ3) is 3.01. The van der Waals surface area contributed by atoms with Crippen molar-refractivity contribution >= 4 is 5.91 Å². The molecule has 2 fully saturated rings. The van der Waals surface area contributed by atoms with E-state index in [1.54, 1.807) is 0 Å². The minimum Gasteiger partial charge on any atom is -0.325 e. The number of hydrogen-bond acceptors (Lipinski definition) is 3. The van der Waals surface area contributed by atoms with Gasteiger partial charge in [-0.1, -0.05) is 33.6 Å². The van der Waals surface area contributed by atoms with Crippen molar-refractivity contribution in [3.63, 3.8) is 0 Å². The lowest BCUT2D eigenvalue weighted by atomic mass is 9.91. The normalized spacial score (nSPS) is 26.2. The van der Waals surface area contributed by atoms with E-state index in [0.29, 0.717) is 5.91 Å². The Balaban J connectivity index is 2.11. The molecule has 1 aliphatic carbocycles. The fourth-order valence-corrected chi connectivity index (χ4v) is 4.08. The Labute approximate surface area is 123 Å². The zero-order chi connectivity index (χ0) is 15.0. The summed E-state index contributed by atoms with van der Waals surface area (Å²) in [7, 11) is 4.20. The standard InChI is InChI=1S/C16H31N3O/c1-6-13-17-16(9-7-8-10-16)14(20)19(13)12-15(2,3)11-18(4)5/h13,17H,6-12H2,1-5H3. The van der Waals surface area contributed by atoms with Gasteiger partial charge in [0.1, 0.15) is 0 Å². The minimum atomic E-state index is -0.227. The molecule has 0 aromatic rings. The largest absolute Gasteiger partial charge is 0.325 e. The van der Waals surface area contributed by atoms with Crippen molar-refractivity contribution < 1.29 is 4.79 Å². The molecule has 1 atom stereocenters. The zero-order valence-corrected chi connectivity index (χ0v) is 13.8. The molecule has 0 aromatic heterocycles. The van der Waals surface area contributed by atoms with Crippen molar-refractivity contribution in [1.82, 2.24) is 15.1 Å². The van der Waals surface area contributed by atoms with E-state index in [-0.39, 0.29) is 17.1 Å². The SMILES string of the molecule is CCC1NC2(CCCC2)C(=O)N1CC(C)(C)CN(C)C. The number of amides is 1. The van der Waals surface area contributed by atoms with E-state index in [1.807, 2.05) is 0 Å². The highest BCUT2D eigenvalue weighted by Crippen LogP contribution is 2.38. The second-order valence-electron chi connectivity index (χ2n) is 7.69. The van der Waals surface area contributed by atoms with E-state index in [2.05, 4.69) is 50.0 Å². The molecule has 1 N–H and O–H groups in total. The van der Waals surface area contributed by atoms with Gasteiger partial charge < -0.3 is 9.80 Å². The number of nitrogens with one attached hydrogen (secondary N) is 1.